The molecule has 1 heterocycles. The van der Waals surface area contributed by atoms with Gasteiger partial charge < -0.3 is 10.1 Å². The van der Waals surface area contributed by atoms with Gasteiger partial charge in [0, 0.05) is 12.0 Å². The van der Waals surface area contributed by atoms with Gasteiger partial charge in [0.25, 0.3) is 0 Å². The molecule has 0 radical (unpaired) electrons. The van der Waals surface area contributed by atoms with Crippen LogP contribution in [0.15, 0.2) is 24.3 Å². The van der Waals surface area contributed by atoms with Crippen molar-refractivity contribution in [2.75, 3.05) is 7.11 Å². The van der Waals surface area contributed by atoms with Crippen LogP contribution in [0, 0.1) is 31.6 Å². The van der Waals surface area contributed by atoms with Crippen molar-refractivity contribution in [1.82, 2.24) is 20.1 Å². The Hall–Kier alpha value is -2.37. The van der Waals surface area contributed by atoms with Gasteiger partial charge in [0.1, 0.15) is 17.4 Å². The average Bonchev–Trinajstić information content (AvgIpc) is 3.03. The molecule has 5 atom stereocenters. The second-order valence-corrected chi connectivity index (χ2v) is 8.73. The van der Waals surface area contributed by atoms with Gasteiger partial charge in [0.2, 0.25) is 5.91 Å². The number of carbonyl (C=O) groups is 1. The topological polar surface area (TPSA) is 69.0 Å². The third-order valence-electron chi connectivity index (χ3n) is 6.85. The molecule has 2 fully saturated rings. The number of amides is 1. The maximum absolute atomic E-state index is 13.0. The molecule has 0 spiro atoms. The molecule has 6 heteroatoms. The fourth-order valence-corrected chi connectivity index (χ4v) is 5.33. The molecule has 1 aromatic carbocycles. The van der Waals surface area contributed by atoms with Crippen LogP contribution in [0.25, 0.3) is 0 Å². The second-order valence-electron chi connectivity index (χ2n) is 8.73. The molecule has 0 aliphatic heterocycles. The van der Waals surface area contributed by atoms with Gasteiger partial charge in [-0.2, -0.15) is 5.10 Å². The first-order valence-electron chi connectivity index (χ1n) is 10.8. The highest BCUT2D eigenvalue weighted by atomic mass is 16.5. The largest absolute Gasteiger partial charge is 0.497 e. The molecule has 1 amide bonds. The highest BCUT2D eigenvalue weighted by Crippen LogP contribution is 2.54. The summed E-state index contributed by atoms with van der Waals surface area (Å²) in [6, 6.07) is 8.62. The van der Waals surface area contributed by atoms with E-state index in [9.17, 15) is 4.79 Å². The molecule has 4 rings (SSSR count). The minimum Gasteiger partial charge on any atom is -0.497 e. The van der Waals surface area contributed by atoms with E-state index in [2.05, 4.69) is 27.5 Å². The first-order chi connectivity index (χ1) is 14.0. The minimum atomic E-state index is -0.144. The summed E-state index contributed by atoms with van der Waals surface area (Å²) >= 11 is 0. The number of fused-ring (bicyclic) bond motifs is 1. The third kappa shape index (κ3) is 3.89. The van der Waals surface area contributed by atoms with Gasteiger partial charge in [-0.3, -0.25) is 4.79 Å². The Labute approximate surface area is 173 Å². The van der Waals surface area contributed by atoms with Crippen molar-refractivity contribution >= 4 is 5.91 Å². The predicted octanol–water partition coefficient (Wildman–Crippen LogP) is 3.63. The fourth-order valence-electron chi connectivity index (χ4n) is 5.33. The Kier molecular flexibility index (Phi) is 5.61. The Morgan fingerprint density at radius 1 is 1.21 bits per heavy atom. The molecule has 0 bridgehead atoms. The molecule has 156 valence electrons. The number of carbonyl (C=O) groups excluding carboxylic acids is 1. The smallest absolute Gasteiger partial charge is 0.224 e. The lowest BCUT2D eigenvalue weighted by molar-refractivity contribution is -0.128. The lowest BCUT2D eigenvalue weighted by Gasteiger charge is -2.55. The van der Waals surface area contributed by atoms with Crippen LogP contribution in [-0.4, -0.2) is 33.8 Å². The Morgan fingerprint density at radius 3 is 2.52 bits per heavy atom. The zero-order chi connectivity index (χ0) is 20.5. The average molecular weight is 397 g/mol. The monoisotopic (exact) mass is 396 g/mol. The van der Waals surface area contributed by atoms with E-state index in [4.69, 9.17) is 4.74 Å². The maximum atomic E-state index is 13.0. The summed E-state index contributed by atoms with van der Waals surface area (Å²) in [5.74, 6) is 4.13. The standard InChI is InChI=1S/C23H32N4O2/c1-14(13-27-16(3)24-15(2)26-27)23(28)25-22-20-8-6-5-7-19(20)21(22)17-9-11-18(29-4)12-10-17/h9-12,14,19-22H,5-8,13H2,1-4H3,(H,25,28)/t14-,19+,20+,21+,22+/m1/s1. The summed E-state index contributed by atoms with van der Waals surface area (Å²) in [7, 11) is 1.69. The molecule has 2 aliphatic rings. The number of nitrogens with one attached hydrogen (secondary N) is 1. The number of hydrogen-bond acceptors (Lipinski definition) is 4. The van der Waals surface area contributed by atoms with Gasteiger partial charge in [-0.25, -0.2) is 9.67 Å². The Morgan fingerprint density at radius 2 is 1.90 bits per heavy atom. The summed E-state index contributed by atoms with van der Waals surface area (Å²) in [6.07, 6.45) is 5.06. The molecular weight excluding hydrogens is 364 g/mol. The summed E-state index contributed by atoms with van der Waals surface area (Å²) in [5.41, 5.74) is 1.31. The van der Waals surface area contributed by atoms with Crippen LogP contribution in [0.5, 0.6) is 5.75 Å². The van der Waals surface area contributed by atoms with Crippen molar-refractivity contribution in [2.45, 2.75) is 65.0 Å². The highest BCUT2D eigenvalue weighted by molar-refractivity contribution is 5.79. The summed E-state index contributed by atoms with van der Waals surface area (Å²) in [5, 5.41) is 7.81. The maximum Gasteiger partial charge on any atom is 0.224 e. The molecule has 1 N–H and O–H groups in total. The van der Waals surface area contributed by atoms with E-state index in [1.54, 1.807) is 7.11 Å². The predicted molar refractivity (Wildman–Crippen MR) is 112 cm³/mol. The molecule has 2 aromatic rings. The summed E-state index contributed by atoms with van der Waals surface area (Å²) < 4.78 is 7.15. The van der Waals surface area contributed by atoms with Crippen molar-refractivity contribution < 1.29 is 9.53 Å². The zero-order valence-corrected chi connectivity index (χ0v) is 17.9. The van der Waals surface area contributed by atoms with Crippen LogP contribution < -0.4 is 10.1 Å². The molecule has 0 saturated heterocycles. The van der Waals surface area contributed by atoms with E-state index in [1.807, 2.05) is 37.6 Å². The molecule has 2 aliphatic carbocycles. The van der Waals surface area contributed by atoms with Crippen LogP contribution in [-0.2, 0) is 11.3 Å². The van der Waals surface area contributed by atoms with Gasteiger partial charge in [-0.05, 0) is 56.2 Å². The van der Waals surface area contributed by atoms with Gasteiger partial charge in [-0.1, -0.05) is 31.9 Å². The Bertz CT molecular complexity index is 860. The van der Waals surface area contributed by atoms with E-state index < -0.39 is 0 Å². The number of nitrogens with zero attached hydrogens (tertiary/aromatic N) is 3. The van der Waals surface area contributed by atoms with Gasteiger partial charge >= 0.3 is 0 Å². The fraction of sp³-hybridized carbons (Fsp3) is 0.609. The first kappa shape index (κ1) is 19.9. The van der Waals surface area contributed by atoms with Crippen LogP contribution in [0.2, 0.25) is 0 Å². The second kappa shape index (κ2) is 8.17. The molecule has 6 nitrogen and oxygen atoms in total. The van der Waals surface area contributed by atoms with Crippen LogP contribution in [0.3, 0.4) is 0 Å². The van der Waals surface area contributed by atoms with Gasteiger partial charge in [-0.15, -0.1) is 0 Å². The summed E-state index contributed by atoms with van der Waals surface area (Å²) in [6.45, 7) is 6.35. The minimum absolute atomic E-state index is 0.116. The van der Waals surface area contributed by atoms with E-state index in [1.165, 1.54) is 31.2 Å². The SMILES string of the molecule is COc1ccc([C@H]2[C@H]3CCCC[C@@H]3[C@@H]2NC(=O)[C@H](C)Cn2nc(C)nc2C)cc1. The third-order valence-corrected chi connectivity index (χ3v) is 6.85. The van der Waals surface area contributed by atoms with Crippen LogP contribution in [0.4, 0.5) is 0 Å². The number of hydrogen-bond donors (Lipinski definition) is 1. The molecule has 2 saturated carbocycles. The van der Waals surface area contributed by atoms with Gasteiger partial charge in [0.05, 0.1) is 19.6 Å². The van der Waals surface area contributed by atoms with Crippen molar-refractivity contribution in [1.29, 1.82) is 0 Å². The number of benzene rings is 1. The van der Waals surface area contributed by atoms with Crippen LogP contribution >= 0.6 is 0 Å². The van der Waals surface area contributed by atoms with E-state index in [-0.39, 0.29) is 17.9 Å². The number of methoxy groups -OCH3 is 1. The Balaban J connectivity index is 1.47. The van der Waals surface area contributed by atoms with E-state index >= 15 is 0 Å². The van der Waals surface area contributed by atoms with Crippen molar-refractivity contribution in [3.8, 4) is 5.75 Å². The zero-order valence-electron chi connectivity index (χ0n) is 17.9. The highest BCUT2D eigenvalue weighted by Gasteiger charge is 2.51. The lowest BCUT2D eigenvalue weighted by atomic mass is 9.53. The normalized spacial score (nSPS) is 26.9. The number of aromatic nitrogens is 3. The number of ether oxygens (including phenoxy) is 1. The molecular formula is C23H32N4O2. The van der Waals surface area contributed by atoms with E-state index in [0.29, 0.717) is 24.3 Å². The van der Waals surface area contributed by atoms with E-state index in [0.717, 1.165) is 17.4 Å². The quantitative estimate of drug-likeness (QED) is 0.810. The summed E-state index contributed by atoms with van der Waals surface area (Å²) in [4.78, 5) is 17.4. The lowest BCUT2D eigenvalue weighted by Crippen LogP contribution is -2.60. The van der Waals surface area contributed by atoms with Crippen molar-refractivity contribution in [3.05, 3.63) is 41.5 Å². The molecule has 0 unspecified atom stereocenters. The van der Waals surface area contributed by atoms with Gasteiger partial charge in [0.15, 0.2) is 0 Å². The molecule has 1 aromatic heterocycles. The first-order valence-corrected chi connectivity index (χ1v) is 10.8. The van der Waals surface area contributed by atoms with Crippen LogP contribution in [0.1, 0.15) is 55.7 Å². The number of rotatable bonds is 6. The van der Waals surface area contributed by atoms with Crippen molar-refractivity contribution in [3.63, 3.8) is 0 Å². The number of aryl methyl sites for hydroxylation is 2. The molecule has 29 heavy (non-hydrogen) atoms. The van der Waals surface area contributed by atoms with Crippen molar-refractivity contribution in [2.24, 2.45) is 17.8 Å².